The van der Waals surface area contributed by atoms with Crippen LogP contribution < -0.4 is 5.32 Å². The summed E-state index contributed by atoms with van der Waals surface area (Å²) in [5, 5.41) is 4.87. The number of hydrogen-bond donors (Lipinski definition) is 1. The molecule has 5 nitrogen and oxygen atoms in total. The van der Waals surface area contributed by atoms with Crippen molar-refractivity contribution in [3.63, 3.8) is 0 Å². The molecule has 1 aliphatic rings. The van der Waals surface area contributed by atoms with Crippen molar-refractivity contribution in [1.29, 1.82) is 0 Å². The Hall–Kier alpha value is -1.40. The van der Waals surface area contributed by atoms with Crippen molar-refractivity contribution >= 4 is 23.2 Å². The molecule has 1 fully saturated rings. The van der Waals surface area contributed by atoms with Gasteiger partial charge in [-0.15, -0.1) is 11.3 Å². The van der Waals surface area contributed by atoms with Crippen molar-refractivity contribution in [2.45, 2.75) is 39.2 Å². The molecule has 23 heavy (non-hydrogen) atoms. The molecular formula is C17H26N2O3S. The number of nitrogens with one attached hydrogen (secondary N) is 1. The number of rotatable bonds is 7. The van der Waals surface area contributed by atoms with Crippen LogP contribution in [-0.4, -0.2) is 49.1 Å². The van der Waals surface area contributed by atoms with Gasteiger partial charge in [0.1, 0.15) is 0 Å². The van der Waals surface area contributed by atoms with E-state index in [-0.39, 0.29) is 23.8 Å². The molecule has 1 N–H and O–H groups in total. The largest absolute Gasteiger partial charge is 0.379 e. The van der Waals surface area contributed by atoms with E-state index in [0.717, 1.165) is 30.7 Å². The van der Waals surface area contributed by atoms with Gasteiger partial charge in [-0.1, -0.05) is 6.07 Å². The zero-order valence-corrected chi connectivity index (χ0v) is 14.7. The molecule has 0 aliphatic carbocycles. The minimum atomic E-state index is -0.0984. The SMILES string of the molecule is CC(C)OCCCNC(=O)[C@H]1CCCN(C(=O)c2cccs2)C1. The molecule has 6 heteroatoms. The second-order valence-corrected chi connectivity index (χ2v) is 7.08. The first kappa shape index (κ1) is 17.9. The lowest BCUT2D eigenvalue weighted by molar-refractivity contribution is -0.126. The Labute approximate surface area is 142 Å². The van der Waals surface area contributed by atoms with Crippen molar-refractivity contribution in [2.75, 3.05) is 26.2 Å². The zero-order chi connectivity index (χ0) is 16.7. The van der Waals surface area contributed by atoms with Gasteiger partial charge < -0.3 is 15.0 Å². The van der Waals surface area contributed by atoms with E-state index in [2.05, 4.69) is 5.32 Å². The molecule has 0 spiro atoms. The third-order valence-corrected chi connectivity index (χ3v) is 4.74. The Morgan fingerprint density at radius 2 is 2.30 bits per heavy atom. The lowest BCUT2D eigenvalue weighted by atomic mass is 9.97. The maximum Gasteiger partial charge on any atom is 0.263 e. The molecule has 1 saturated heterocycles. The molecule has 0 aromatic carbocycles. The van der Waals surface area contributed by atoms with Gasteiger partial charge in [0.05, 0.1) is 16.9 Å². The standard InChI is InChI=1S/C17H26N2O3S/c1-13(2)22-10-5-8-18-16(20)14-6-3-9-19(12-14)17(21)15-7-4-11-23-15/h4,7,11,13-14H,3,5-6,8-10,12H2,1-2H3,(H,18,20)/t14-/m0/s1. The van der Waals surface area contributed by atoms with Crippen LogP contribution in [0.4, 0.5) is 0 Å². The van der Waals surface area contributed by atoms with Crippen LogP contribution in [0, 0.1) is 5.92 Å². The molecule has 1 aromatic heterocycles. The van der Waals surface area contributed by atoms with Crippen molar-refractivity contribution in [3.05, 3.63) is 22.4 Å². The minimum Gasteiger partial charge on any atom is -0.379 e. The fourth-order valence-corrected chi connectivity index (χ4v) is 3.37. The van der Waals surface area contributed by atoms with Gasteiger partial charge in [-0.05, 0) is 44.6 Å². The van der Waals surface area contributed by atoms with Crippen LogP contribution in [0.25, 0.3) is 0 Å². The van der Waals surface area contributed by atoms with Gasteiger partial charge >= 0.3 is 0 Å². The fraction of sp³-hybridized carbons (Fsp3) is 0.647. The van der Waals surface area contributed by atoms with Crippen molar-refractivity contribution in [2.24, 2.45) is 5.92 Å². The molecule has 2 amide bonds. The van der Waals surface area contributed by atoms with E-state index in [1.165, 1.54) is 11.3 Å². The number of amides is 2. The van der Waals surface area contributed by atoms with Gasteiger partial charge in [-0.25, -0.2) is 0 Å². The molecule has 2 rings (SSSR count). The number of likely N-dealkylation sites (tertiary alicyclic amines) is 1. The first-order valence-corrected chi connectivity index (χ1v) is 9.18. The van der Waals surface area contributed by atoms with Crippen molar-refractivity contribution in [3.8, 4) is 0 Å². The Kier molecular flexibility index (Phi) is 7.05. The summed E-state index contributed by atoms with van der Waals surface area (Å²) < 4.78 is 5.46. The Morgan fingerprint density at radius 1 is 1.48 bits per heavy atom. The summed E-state index contributed by atoms with van der Waals surface area (Å²) >= 11 is 1.45. The summed E-state index contributed by atoms with van der Waals surface area (Å²) in [6.07, 6.45) is 2.77. The first-order valence-electron chi connectivity index (χ1n) is 8.30. The average molecular weight is 338 g/mol. The summed E-state index contributed by atoms with van der Waals surface area (Å²) in [6, 6.07) is 3.72. The van der Waals surface area contributed by atoms with E-state index in [0.29, 0.717) is 19.7 Å². The molecule has 2 heterocycles. The topological polar surface area (TPSA) is 58.6 Å². The summed E-state index contributed by atoms with van der Waals surface area (Å²) in [5.74, 6) is -0.000241. The van der Waals surface area contributed by atoms with Crippen LogP contribution in [-0.2, 0) is 9.53 Å². The summed E-state index contributed by atoms with van der Waals surface area (Å²) in [7, 11) is 0. The second-order valence-electron chi connectivity index (χ2n) is 6.13. The molecule has 0 radical (unpaired) electrons. The van der Waals surface area contributed by atoms with Crippen LogP contribution in [0.2, 0.25) is 0 Å². The molecule has 128 valence electrons. The van der Waals surface area contributed by atoms with E-state index in [9.17, 15) is 9.59 Å². The molecule has 1 aliphatic heterocycles. The maximum atomic E-state index is 12.4. The van der Waals surface area contributed by atoms with Gasteiger partial charge in [0.25, 0.3) is 5.91 Å². The average Bonchev–Trinajstić information content (AvgIpc) is 3.08. The Balaban J connectivity index is 1.74. The van der Waals surface area contributed by atoms with E-state index in [4.69, 9.17) is 4.74 Å². The second kappa shape index (κ2) is 9.03. The van der Waals surface area contributed by atoms with Crippen LogP contribution in [0.1, 0.15) is 42.8 Å². The third-order valence-electron chi connectivity index (χ3n) is 3.88. The predicted octanol–water partition coefficient (Wildman–Crippen LogP) is 2.53. The van der Waals surface area contributed by atoms with E-state index in [1.54, 1.807) is 4.90 Å². The number of hydrogen-bond acceptors (Lipinski definition) is 4. The fourth-order valence-electron chi connectivity index (χ4n) is 2.68. The highest BCUT2D eigenvalue weighted by Gasteiger charge is 2.28. The quantitative estimate of drug-likeness (QED) is 0.777. The van der Waals surface area contributed by atoms with Crippen molar-refractivity contribution in [1.82, 2.24) is 10.2 Å². The van der Waals surface area contributed by atoms with Crippen LogP contribution in [0.15, 0.2) is 17.5 Å². The number of carbonyl (C=O) groups excluding carboxylic acids is 2. The molecule has 0 bridgehead atoms. The molecular weight excluding hydrogens is 312 g/mol. The smallest absolute Gasteiger partial charge is 0.263 e. The number of nitrogens with zero attached hydrogens (tertiary/aromatic N) is 1. The maximum absolute atomic E-state index is 12.4. The molecule has 0 unspecified atom stereocenters. The van der Waals surface area contributed by atoms with E-state index < -0.39 is 0 Å². The van der Waals surface area contributed by atoms with Gasteiger partial charge in [0.2, 0.25) is 5.91 Å². The predicted molar refractivity (Wildman–Crippen MR) is 91.7 cm³/mol. The Morgan fingerprint density at radius 3 is 3.00 bits per heavy atom. The molecule has 1 atom stereocenters. The van der Waals surface area contributed by atoms with Gasteiger partial charge in [-0.2, -0.15) is 0 Å². The van der Waals surface area contributed by atoms with Crippen LogP contribution >= 0.6 is 11.3 Å². The summed E-state index contributed by atoms with van der Waals surface area (Å²) in [6.45, 7) is 6.54. The lowest BCUT2D eigenvalue weighted by Gasteiger charge is -2.31. The van der Waals surface area contributed by atoms with Gasteiger partial charge in [0, 0.05) is 26.2 Å². The lowest BCUT2D eigenvalue weighted by Crippen LogP contribution is -2.45. The summed E-state index contributed by atoms with van der Waals surface area (Å²) in [5.41, 5.74) is 0. The third kappa shape index (κ3) is 5.62. The minimum absolute atomic E-state index is 0.0443. The molecule has 1 aromatic rings. The molecule has 0 saturated carbocycles. The zero-order valence-electron chi connectivity index (χ0n) is 13.9. The van der Waals surface area contributed by atoms with Crippen LogP contribution in [0.5, 0.6) is 0 Å². The number of carbonyl (C=O) groups is 2. The van der Waals surface area contributed by atoms with Gasteiger partial charge in [0.15, 0.2) is 0 Å². The monoisotopic (exact) mass is 338 g/mol. The highest BCUT2D eigenvalue weighted by Crippen LogP contribution is 2.20. The normalized spacial score (nSPS) is 18.2. The summed E-state index contributed by atoms with van der Waals surface area (Å²) in [4.78, 5) is 27.2. The van der Waals surface area contributed by atoms with E-state index in [1.807, 2.05) is 31.4 Å². The van der Waals surface area contributed by atoms with Gasteiger partial charge in [-0.3, -0.25) is 9.59 Å². The van der Waals surface area contributed by atoms with E-state index >= 15 is 0 Å². The van der Waals surface area contributed by atoms with Crippen molar-refractivity contribution < 1.29 is 14.3 Å². The van der Waals surface area contributed by atoms with Crippen LogP contribution in [0.3, 0.4) is 0 Å². The number of piperidine rings is 1. The Bertz CT molecular complexity index is 502. The number of thiophene rings is 1. The highest BCUT2D eigenvalue weighted by atomic mass is 32.1. The first-order chi connectivity index (χ1) is 11.1. The number of ether oxygens (including phenoxy) is 1. The highest BCUT2D eigenvalue weighted by molar-refractivity contribution is 7.12.